The van der Waals surface area contributed by atoms with Crippen molar-refractivity contribution in [3.63, 3.8) is 0 Å². The number of carbonyl (C=O) groups is 2. The zero-order valence-electron chi connectivity index (χ0n) is 18.7. The number of pyridine rings is 2. The number of aromatic nitrogens is 3. The van der Waals surface area contributed by atoms with Crippen molar-refractivity contribution in [1.29, 1.82) is 0 Å². The van der Waals surface area contributed by atoms with E-state index >= 15 is 0 Å². The van der Waals surface area contributed by atoms with E-state index in [0.29, 0.717) is 43.2 Å². The third-order valence-corrected chi connectivity index (χ3v) is 5.97. The summed E-state index contributed by atoms with van der Waals surface area (Å²) in [6, 6.07) is 11.0. The van der Waals surface area contributed by atoms with Crippen LogP contribution in [0.1, 0.15) is 26.3 Å². The number of anilines is 2. The van der Waals surface area contributed by atoms with Crippen LogP contribution in [0.25, 0.3) is 16.8 Å². The van der Waals surface area contributed by atoms with Gasteiger partial charge in [0.1, 0.15) is 5.82 Å². The number of rotatable bonds is 5. The topological polar surface area (TPSA) is 115 Å². The van der Waals surface area contributed by atoms with E-state index in [1.54, 1.807) is 35.5 Å². The van der Waals surface area contributed by atoms with E-state index in [9.17, 15) is 9.59 Å². The molecule has 4 aromatic rings. The minimum absolute atomic E-state index is 0.0511. The molecule has 3 N–H and O–H groups in total. The average molecular weight is 457 g/mol. The smallest absolute Gasteiger partial charge is 0.255 e. The second-order valence-electron chi connectivity index (χ2n) is 8.10. The van der Waals surface area contributed by atoms with Gasteiger partial charge >= 0.3 is 0 Å². The fraction of sp³-hybridized carbons (Fsp3) is 0.200. The number of benzene rings is 1. The number of fused-ring (bicyclic) bond motifs is 1. The molecule has 4 heterocycles. The van der Waals surface area contributed by atoms with Crippen molar-refractivity contribution in [3.8, 4) is 11.1 Å². The number of nitrogens with zero attached hydrogens (tertiary/aromatic N) is 4. The van der Waals surface area contributed by atoms with E-state index in [4.69, 9.17) is 10.5 Å². The van der Waals surface area contributed by atoms with Crippen LogP contribution in [-0.4, -0.2) is 57.4 Å². The summed E-state index contributed by atoms with van der Waals surface area (Å²) in [6.45, 7) is 4.15. The van der Waals surface area contributed by atoms with E-state index in [-0.39, 0.29) is 5.91 Å². The molecule has 0 radical (unpaired) electrons. The number of imidazole rings is 1. The summed E-state index contributed by atoms with van der Waals surface area (Å²) in [4.78, 5) is 35.2. The zero-order chi connectivity index (χ0) is 23.7. The van der Waals surface area contributed by atoms with Gasteiger partial charge in [0.05, 0.1) is 24.5 Å². The van der Waals surface area contributed by atoms with Gasteiger partial charge in [0.2, 0.25) is 5.91 Å². The summed E-state index contributed by atoms with van der Waals surface area (Å²) in [5.74, 6) is 0.0744. The Bertz CT molecular complexity index is 1370. The van der Waals surface area contributed by atoms with Gasteiger partial charge in [0.15, 0.2) is 5.65 Å². The Labute approximate surface area is 196 Å². The maximum Gasteiger partial charge on any atom is 0.255 e. The number of primary amides is 1. The van der Waals surface area contributed by atoms with Crippen molar-refractivity contribution in [2.24, 2.45) is 5.73 Å². The van der Waals surface area contributed by atoms with Crippen molar-refractivity contribution >= 4 is 29.0 Å². The summed E-state index contributed by atoms with van der Waals surface area (Å²) < 4.78 is 7.22. The molecule has 1 aliphatic rings. The monoisotopic (exact) mass is 456 g/mol. The highest BCUT2D eigenvalue weighted by Gasteiger charge is 2.19. The lowest BCUT2D eigenvalue weighted by Crippen LogP contribution is -2.40. The fourth-order valence-corrected chi connectivity index (χ4v) is 4.17. The first-order valence-electron chi connectivity index (χ1n) is 11.0. The number of amides is 2. The molecule has 1 saturated heterocycles. The molecular weight excluding hydrogens is 432 g/mol. The van der Waals surface area contributed by atoms with Crippen molar-refractivity contribution in [3.05, 3.63) is 77.9 Å². The fourth-order valence-electron chi connectivity index (χ4n) is 4.17. The third-order valence-electron chi connectivity index (χ3n) is 5.97. The Kier molecular flexibility index (Phi) is 5.69. The van der Waals surface area contributed by atoms with Crippen LogP contribution >= 0.6 is 0 Å². The van der Waals surface area contributed by atoms with Crippen LogP contribution in [0.3, 0.4) is 0 Å². The summed E-state index contributed by atoms with van der Waals surface area (Å²) >= 11 is 0. The summed E-state index contributed by atoms with van der Waals surface area (Å²) in [6.07, 6.45) is 7.11. The molecule has 1 aliphatic heterocycles. The summed E-state index contributed by atoms with van der Waals surface area (Å²) in [7, 11) is 0. The van der Waals surface area contributed by atoms with Gasteiger partial charge in [-0.1, -0.05) is 12.1 Å². The molecule has 172 valence electrons. The number of carbonyl (C=O) groups excluding carboxylic acids is 2. The summed E-state index contributed by atoms with van der Waals surface area (Å²) in [5.41, 5.74) is 10.6. The highest BCUT2D eigenvalue weighted by Crippen LogP contribution is 2.31. The number of hydrogen-bond donors (Lipinski definition) is 2. The zero-order valence-corrected chi connectivity index (χ0v) is 18.7. The van der Waals surface area contributed by atoms with Crippen molar-refractivity contribution in [1.82, 2.24) is 19.3 Å². The Hall–Kier alpha value is -4.24. The Morgan fingerprint density at radius 2 is 1.94 bits per heavy atom. The van der Waals surface area contributed by atoms with Crippen LogP contribution in [0, 0.1) is 6.92 Å². The molecule has 9 heteroatoms. The molecule has 1 fully saturated rings. The minimum Gasteiger partial charge on any atom is -0.378 e. The van der Waals surface area contributed by atoms with Gasteiger partial charge in [-0.3, -0.25) is 9.59 Å². The molecular formula is C25H24N6O3. The molecule has 2 amide bonds. The van der Waals surface area contributed by atoms with Gasteiger partial charge in [-0.05, 0) is 42.3 Å². The lowest BCUT2D eigenvalue weighted by molar-refractivity contribution is 0.0302. The quantitative estimate of drug-likeness (QED) is 0.477. The first-order chi connectivity index (χ1) is 16.5. The van der Waals surface area contributed by atoms with E-state index in [1.807, 2.05) is 41.9 Å². The van der Waals surface area contributed by atoms with Gasteiger partial charge in [0, 0.05) is 49.0 Å². The lowest BCUT2D eigenvalue weighted by atomic mass is 9.97. The molecule has 34 heavy (non-hydrogen) atoms. The first kappa shape index (κ1) is 21.6. The normalized spacial score (nSPS) is 13.7. The van der Waals surface area contributed by atoms with Crippen molar-refractivity contribution in [2.75, 3.05) is 31.6 Å². The van der Waals surface area contributed by atoms with Crippen LogP contribution in [0.15, 0.2) is 61.2 Å². The predicted octanol–water partition coefficient (Wildman–Crippen LogP) is 3.02. The maximum atomic E-state index is 12.7. The van der Waals surface area contributed by atoms with Gasteiger partial charge < -0.3 is 25.1 Å². The van der Waals surface area contributed by atoms with Crippen LogP contribution in [-0.2, 0) is 4.74 Å². The van der Waals surface area contributed by atoms with Gasteiger partial charge in [-0.25, -0.2) is 9.97 Å². The van der Waals surface area contributed by atoms with E-state index < -0.39 is 5.91 Å². The number of nitrogens with one attached hydrogen (secondary N) is 1. The van der Waals surface area contributed by atoms with Crippen molar-refractivity contribution < 1.29 is 14.3 Å². The maximum absolute atomic E-state index is 12.7. The number of hydrogen-bond acceptors (Lipinski definition) is 6. The Morgan fingerprint density at radius 1 is 1.12 bits per heavy atom. The van der Waals surface area contributed by atoms with Gasteiger partial charge in [0.25, 0.3) is 5.91 Å². The van der Waals surface area contributed by atoms with E-state index in [2.05, 4.69) is 15.3 Å². The highest BCUT2D eigenvalue weighted by molar-refractivity contribution is 5.96. The van der Waals surface area contributed by atoms with Crippen LogP contribution in [0.2, 0.25) is 0 Å². The van der Waals surface area contributed by atoms with Crippen LogP contribution in [0.4, 0.5) is 11.5 Å². The number of nitrogens with two attached hydrogens (primary N) is 1. The first-order valence-corrected chi connectivity index (χ1v) is 11.0. The highest BCUT2D eigenvalue weighted by atomic mass is 16.5. The minimum atomic E-state index is -0.461. The molecule has 0 atom stereocenters. The Balaban J connectivity index is 1.46. The number of morpholine rings is 1. The molecule has 9 nitrogen and oxygen atoms in total. The standard InChI is InChI=1S/C25H24N6O3/c1-16-19(3-2-4-20(16)23(26)32)18-13-21(24-27-7-8-31(24)15-18)29-22-6-5-17(14-28-22)25(33)30-9-11-34-12-10-30/h2-8,13-15H,9-12H2,1H3,(H2,26,32)(H,28,29). The predicted molar refractivity (Wildman–Crippen MR) is 128 cm³/mol. The summed E-state index contributed by atoms with van der Waals surface area (Å²) in [5, 5.41) is 3.31. The number of ether oxygens (including phenoxy) is 1. The average Bonchev–Trinajstić information content (AvgIpc) is 3.34. The van der Waals surface area contributed by atoms with Crippen molar-refractivity contribution in [2.45, 2.75) is 6.92 Å². The third kappa shape index (κ3) is 4.08. The molecule has 5 rings (SSSR count). The molecule has 1 aromatic carbocycles. The lowest BCUT2D eigenvalue weighted by Gasteiger charge is -2.26. The van der Waals surface area contributed by atoms with Crippen LogP contribution in [0.5, 0.6) is 0 Å². The SMILES string of the molecule is Cc1c(C(N)=O)cccc1-c1cc(Nc2ccc(C(=O)N3CCOCC3)cn2)c2nccn2c1. The van der Waals surface area contributed by atoms with E-state index in [0.717, 1.165) is 28.0 Å². The largest absolute Gasteiger partial charge is 0.378 e. The molecule has 0 spiro atoms. The second kappa shape index (κ2) is 8.95. The molecule has 3 aromatic heterocycles. The molecule has 0 saturated carbocycles. The van der Waals surface area contributed by atoms with E-state index in [1.165, 1.54) is 0 Å². The van der Waals surface area contributed by atoms with Crippen LogP contribution < -0.4 is 11.1 Å². The molecule has 0 unspecified atom stereocenters. The van der Waals surface area contributed by atoms with Gasteiger partial charge in [-0.2, -0.15) is 0 Å². The Morgan fingerprint density at radius 3 is 2.68 bits per heavy atom. The second-order valence-corrected chi connectivity index (χ2v) is 8.10. The molecule has 0 bridgehead atoms. The van der Waals surface area contributed by atoms with Gasteiger partial charge in [-0.15, -0.1) is 0 Å². The molecule has 0 aliphatic carbocycles.